The van der Waals surface area contributed by atoms with Gasteiger partial charge in [0.25, 0.3) is 0 Å². The van der Waals surface area contributed by atoms with Gasteiger partial charge >= 0.3 is 0 Å². The van der Waals surface area contributed by atoms with Crippen molar-refractivity contribution >= 4 is 0 Å². The SMILES string of the molecule is Oc1cc2c(c3c1CC1CCCOC1O3)CC1CCCOC1O2. The predicted octanol–water partition coefficient (Wildman–Crippen LogP) is 2.77. The monoisotopic (exact) mass is 318 g/mol. The van der Waals surface area contributed by atoms with E-state index in [1.54, 1.807) is 6.07 Å². The fourth-order valence-corrected chi connectivity index (χ4v) is 4.40. The molecule has 5 heteroatoms. The van der Waals surface area contributed by atoms with Gasteiger partial charge in [0.1, 0.15) is 17.2 Å². The molecule has 2 saturated heterocycles. The van der Waals surface area contributed by atoms with Crippen LogP contribution in [0.3, 0.4) is 0 Å². The number of phenolic OH excluding ortho intramolecular Hbond substituents is 1. The summed E-state index contributed by atoms with van der Waals surface area (Å²) < 4.78 is 23.8. The summed E-state index contributed by atoms with van der Waals surface area (Å²) in [5.41, 5.74) is 2.01. The van der Waals surface area contributed by atoms with E-state index in [1.807, 2.05) is 0 Å². The largest absolute Gasteiger partial charge is 0.507 e. The van der Waals surface area contributed by atoms with E-state index in [-0.39, 0.29) is 18.3 Å². The molecular formula is C18H22O5. The van der Waals surface area contributed by atoms with Crippen LogP contribution in [0.15, 0.2) is 6.07 Å². The van der Waals surface area contributed by atoms with E-state index >= 15 is 0 Å². The summed E-state index contributed by atoms with van der Waals surface area (Å²) in [5, 5.41) is 10.5. The van der Waals surface area contributed by atoms with Gasteiger partial charge in [-0.25, -0.2) is 0 Å². The maximum absolute atomic E-state index is 10.5. The Morgan fingerprint density at radius 1 is 0.870 bits per heavy atom. The highest BCUT2D eigenvalue weighted by Crippen LogP contribution is 2.49. The van der Waals surface area contributed by atoms with Crippen molar-refractivity contribution in [3.63, 3.8) is 0 Å². The average molecular weight is 318 g/mol. The molecule has 0 bridgehead atoms. The van der Waals surface area contributed by atoms with Gasteiger partial charge in [0, 0.05) is 29.0 Å². The van der Waals surface area contributed by atoms with Gasteiger partial charge in [-0.1, -0.05) is 0 Å². The molecule has 0 aromatic heterocycles. The van der Waals surface area contributed by atoms with Crippen LogP contribution < -0.4 is 9.47 Å². The van der Waals surface area contributed by atoms with Gasteiger partial charge in [-0.15, -0.1) is 0 Å². The van der Waals surface area contributed by atoms with Crippen LogP contribution in [-0.4, -0.2) is 30.9 Å². The first-order valence-electron chi connectivity index (χ1n) is 8.74. The van der Waals surface area contributed by atoms with Gasteiger partial charge < -0.3 is 24.1 Å². The highest BCUT2D eigenvalue weighted by molar-refractivity contribution is 5.58. The summed E-state index contributed by atoms with van der Waals surface area (Å²) >= 11 is 0. The lowest BCUT2D eigenvalue weighted by Gasteiger charge is -2.41. The zero-order valence-corrected chi connectivity index (χ0v) is 13.1. The van der Waals surface area contributed by atoms with Crippen molar-refractivity contribution in [1.29, 1.82) is 0 Å². The van der Waals surface area contributed by atoms with Gasteiger partial charge in [-0.05, 0) is 38.5 Å². The summed E-state index contributed by atoms with van der Waals surface area (Å²) in [6, 6.07) is 1.75. The van der Waals surface area contributed by atoms with E-state index in [2.05, 4.69) is 0 Å². The molecule has 4 unspecified atom stereocenters. The van der Waals surface area contributed by atoms with E-state index in [0.29, 0.717) is 17.6 Å². The normalized spacial score (nSPS) is 35.0. The minimum Gasteiger partial charge on any atom is -0.507 e. The van der Waals surface area contributed by atoms with Gasteiger partial charge in [0.2, 0.25) is 12.6 Å². The Labute approximate surface area is 135 Å². The second-order valence-corrected chi connectivity index (χ2v) is 7.11. The molecule has 5 rings (SSSR count). The lowest BCUT2D eigenvalue weighted by atomic mass is 9.84. The first-order chi connectivity index (χ1) is 11.3. The smallest absolute Gasteiger partial charge is 0.203 e. The number of aromatic hydroxyl groups is 1. The van der Waals surface area contributed by atoms with Crippen molar-refractivity contribution in [2.45, 2.75) is 51.1 Å². The van der Waals surface area contributed by atoms with E-state index in [1.165, 1.54) is 0 Å². The van der Waals surface area contributed by atoms with E-state index < -0.39 is 0 Å². The van der Waals surface area contributed by atoms with Crippen LogP contribution in [0.5, 0.6) is 17.2 Å². The van der Waals surface area contributed by atoms with Crippen LogP contribution in [0, 0.1) is 11.8 Å². The van der Waals surface area contributed by atoms with E-state index in [4.69, 9.17) is 18.9 Å². The molecule has 124 valence electrons. The number of rotatable bonds is 0. The minimum absolute atomic E-state index is 0.178. The molecule has 0 radical (unpaired) electrons. The lowest BCUT2D eigenvalue weighted by Crippen LogP contribution is -2.41. The summed E-state index contributed by atoms with van der Waals surface area (Å²) in [4.78, 5) is 0. The average Bonchev–Trinajstić information content (AvgIpc) is 2.59. The molecule has 1 aromatic carbocycles. The van der Waals surface area contributed by atoms with Crippen LogP contribution in [0.25, 0.3) is 0 Å². The lowest BCUT2D eigenvalue weighted by molar-refractivity contribution is -0.156. The van der Waals surface area contributed by atoms with Gasteiger partial charge in [0.15, 0.2) is 0 Å². The molecule has 0 saturated carbocycles. The number of hydrogen-bond acceptors (Lipinski definition) is 5. The predicted molar refractivity (Wildman–Crippen MR) is 81.7 cm³/mol. The summed E-state index contributed by atoms with van der Waals surface area (Å²) in [6.45, 7) is 1.51. The molecule has 4 heterocycles. The molecule has 0 spiro atoms. The van der Waals surface area contributed by atoms with Crippen molar-refractivity contribution in [1.82, 2.24) is 0 Å². The first-order valence-corrected chi connectivity index (χ1v) is 8.74. The Balaban J connectivity index is 1.55. The highest BCUT2D eigenvalue weighted by Gasteiger charge is 2.40. The third kappa shape index (κ3) is 2.21. The second-order valence-electron chi connectivity index (χ2n) is 7.11. The third-order valence-electron chi connectivity index (χ3n) is 5.60. The molecule has 5 nitrogen and oxygen atoms in total. The zero-order chi connectivity index (χ0) is 15.4. The Morgan fingerprint density at radius 3 is 2.26 bits per heavy atom. The van der Waals surface area contributed by atoms with Crippen LogP contribution >= 0.6 is 0 Å². The Morgan fingerprint density at radius 2 is 1.52 bits per heavy atom. The van der Waals surface area contributed by atoms with Crippen LogP contribution in [-0.2, 0) is 22.3 Å². The molecular weight excluding hydrogens is 296 g/mol. The molecule has 4 aliphatic heterocycles. The number of hydrogen-bond donors (Lipinski definition) is 1. The fraction of sp³-hybridized carbons (Fsp3) is 0.667. The maximum atomic E-state index is 10.5. The zero-order valence-electron chi connectivity index (χ0n) is 13.1. The Bertz CT molecular complexity index is 628. The fourth-order valence-electron chi connectivity index (χ4n) is 4.40. The summed E-state index contributed by atoms with van der Waals surface area (Å²) in [6.07, 6.45) is 5.70. The third-order valence-corrected chi connectivity index (χ3v) is 5.60. The molecule has 0 aliphatic carbocycles. The maximum Gasteiger partial charge on any atom is 0.203 e. The van der Waals surface area contributed by atoms with Crippen LogP contribution in [0.1, 0.15) is 36.8 Å². The standard InChI is InChI=1S/C18H22O5/c19-14-9-15-13(8-11-4-2-5-20-17(11)22-15)16-12(14)7-10-3-1-6-21-18(10)23-16/h9-11,17-19H,1-8H2. The van der Waals surface area contributed by atoms with Gasteiger partial charge in [-0.3, -0.25) is 0 Å². The van der Waals surface area contributed by atoms with Gasteiger partial charge in [0.05, 0.1) is 13.2 Å². The Kier molecular flexibility index (Phi) is 3.20. The van der Waals surface area contributed by atoms with Crippen LogP contribution in [0.4, 0.5) is 0 Å². The van der Waals surface area contributed by atoms with Crippen molar-refractivity contribution in [3.8, 4) is 17.2 Å². The highest BCUT2D eigenvalue weighted by atomic mass is 16.7. The number of benzene rings is 1. The first kappa shape index (κ1) is 13.9. The molecule has 4 aliphatic rings. The molecule has 1 N–H and O–H groups in total. The minimum atomic E-state index is -0.184. The summed E-state index contributed by atoms with van der Waals surface area (Å²) in [5.74, 6) is 2.50. The van der Waals surface area contributed by atoms with Crippen molar-refractivity contribution in [2.75, 3.05) is 13.2 Å². The molecule has 1 aromatic rings. The molecule has 0 amide bonds. The molecule has 4 atom stereocenters. The molecule has 23 heavy (non-hydrogen) atoms. The topological polar surface area (TPSA) is 57.2 Å². The van der Waals surface area contributed by atoms with Crippen molar-refractivity contribution in [2.24, 2.45) is 11.8 Å². The van der Waals surface area contributed by atoms with E-state index in [9.17, 15) is 5.11 Å². The second kappa shape index (κ2) is 5.28. The quantitative estimate of drug-likeness (QED) is 0.797. The van der Waals surface area contributed by atoms with Gasteiger partial charge in [-0.2, -0.15) is 0 Å². The van der Waals surface area contributed by atoms with Crippen molar-refractivity contribution in [3.05, 3.63) is 17.2 Å². The van der Waals surface area contributed by atoms with E-state index in [0.717, 1.165) is 68.6 Å². The van der Waals surface area contributed by atoms with Crippen molar-refractivity contribution < 1.29 is 24.1 Å². The van der Waals surface area contributed by atoms with Crippen LogP contribution in [0.2, 0.25) is 0 Å². The summed E-state index contributed by atoms with van der Waals surface area (Å²) in [7, 11) is 0. The molecule has 2 fully saturated rings. The number of fused-ring (bicyclic) bond motifs is 5. The number of ether oxygens (including phenoxy) is 4. The number of phenols is 1. The Hall–Kier alpha value is -1.46.